The SMILES string of the molecule is C1=CC(c2ccccc2)CC=C1c1nnc(-c2cccc(-c3cccc(-c4nnc(-c5ccc(-c6ccccc6)cc5)o4)n3)n2)o1. The third-order valence-corrected chi connectivity index (χ3v) is 7.86. The molecule has 0 saturated carbocycles. The van der Waals surface area contributed by atoms with Crippen LogP contribution in [-0.4, -0.2) is 30.4 Å². The van der Waals surface area contributed by atoms with E-state index >= 15 is 0 Å². The van der Waals surface area contributed by atoms with Crippen molar-refractivity contribution in [3.63, 3.8) is 0 Å². The van der Waals surface area contributed by atoms with Gasteiger partial charge < -0.3 is 8.83 Å². The number of aromatic nitrogens is 6. The molecule has 220 valence electrons. The molecule has 0 N–H and O–H groups in total. The van der Waals surface area contributed by atoms with Gasteiger partial charge in [-0.15, -0.1) is 20.4 Å². The summed E-state index contributed by atoms with van der Waals surface area (Å²) >= 11 is 0. The zero-order valence-electron chi connectivity index (χ0n) is 24.6. The fourth-order valence-corrected chi connectivity index (χ4v) is 5.44. The van der Waals surface area contributed by atoms with Gasteiger partial charge in [0.1, 0.15) is 11.4 Å². The molecule has 0 fully saturated rings. The molecule has 8 nitrogen and oxygen atoms in total. The third kappa shape index (κ3) is 5.55. The molecule has 4 heterocycles. The molecule has 4 aromatic heterocycles. The van der Waals surface area contributed by atoms with Crippen LogP contribution in [0.3, 0.4) is 0 Å². The summed E-state index contributed by atoms with van der Waals surface area (Å²) in [5.74, 6) is 1.89. The fraction of sp³-hybridized carbons (Fsp3) is 0.0526. The van der Waals surface area contributed by atoms with E-state index in [9.17, 15) is 0 Å². The smallest absolute Gasteiger partial charge is 0.266 e. The molecule has 46 heavy (non-hydrogen) atoms. The quantitative estimate of drug-likeness (QED) is 0.179. The first-order valence-electron chi connectivity index (χ1n) is 15.0. The Morgan fingerprint density at radius 3 is 1.61 bits per heavy atom. The molecule has 0 aliphatic heterocycles. The van der Waals surface area contributed by atoms with Gasteiger partial charge in [0, 0.05) is 17.1 Å². The van der Waals surface area contributed by atoms with Crippen molar-refractivity contribution in [3.05, 3.63) is 151 Å². The van der Waals surface area contributed by atoms with E-state index in [0.717, 1.165) is 28.7 Å². The number of rotatable bonds is 7. The van der Waals surface area contributed by atoms with Crippen molar-refractivity contribution in [2.24, 2.45) is 0 Å². The van der Waals surface area contributed by atoms with E-state index in [1.54, 1.807) is 0 Å². The normalized spacial score (nSPS) is 14.3. The van der Waals surface area contributed by atoms with Gasteiger partial charge in [0.2, 0.25) is 11.8 Å². The van der Waals surface area contributed by atoms with Crippen molar-refractivity contribution in [2.45, 2.75) is 12.3 Å². The third-order valence-electron chi connectivity index (χ3n) is 7.86. The van der Waals surface area contributed by atoms with Crippen molar-refractivity contribution in [1.29, 1.82) is 0 Å². The van der Waals surface area contributed by atoms with Gasteiger partial charge >= 0.3 is 0 Å². The largest absolute Gasteiger partial charge is 0.415 e. The molecule has 0 radical (unpaired) electrons. The van der Waals surface area contributed by atoms with Crippen molar-refractivity contribution in [1.82, 2.24) is 30.4 Å². The second-order valence-corrected chi connectivity index (χ2v) is 10.9. The van der Waals surface area contributed by atoms with Gasteiger partial charge in [0.15, 0.2) is 0 Å². The predicted octanol–water partition coefficient (Wildman–Crippen LogP) is 8.70. The highest BCUT2D eigenvalue weighted by Crippen LogP contribution is 2.32. The number of allylic oxidation sites excluding steroid dienone is 4. The highest BCUT2D eigenvalue weighted by Gasteiger charge is 2.18. The molecule has 0 saturated heterocycles. The molecule has 1 aliphatic carbocycles. The van der Waals surface area contributed by atoms with Crippen molar-refractivity contribution in [2.75, 3.05) is 0 Å². The number of pyridine rings is 2. The summed E-state index contributed by atoms with van der Waals surface area (Å²) in [4.78, 5) is 9.56. The molecule has 7 aromatic rings. The average Bonchev–Trinajstić information content (AvgIpc) is 3.84. The zero-order chi connectivity index (χ0) is 30.7. The van der Waals surface area contributed by atoms with Crippen molar-refractivity contribution in [3.8, 4) is 57.1 Å². The van der Waals surface area contributed by atoms with E-state index < -0.39 is 0 Å². The molecular weight excluding hydrogens is 572 g/mol. The van der Waals surface area contributed by atoms with Gasteiger partial charge in [-0.3, -0.25) is 0 Å². The Morgan fingerprint density at radius 1 is 0.457 bits per heavy atom. The molecule has 0 spiro atoms. The minimum absolute atomic E-state index is 0.324. The Balaban J connectivity index is 0.994. The lowest BCUT2D eigenvalue weighted by atomic mass is 9.90. The van der Waals surface area contributed by atoms with Crippen LogP contribution in [0.2, 0.25) is 0 Å². The van der Waals surface area contributed by atoms with E-state index in [-0.39, 0.29) is 0 Å². The van der Waals surface area contributed by atoms with Gasteiger partial charge in [-0.1, -0.05) is 103 Å². The van der Waals surface area contributed by atoms with Crippen LogP contribution < -0.4 is 0 Å². The summed E-state index contributed by atoms with van der Waals surface area (Å²) in [5.41, 5.74) is 7.69. The van der Waals surface area contributed by atoms with E-state index in [0.29, 0.717) is 52.3 Å². The number of benzene rings is 3. The second kappa shape index (κ2) is 12.0. The zero-order valence-corrected chi connectivity index (χ0v) is 24.6. The Morgan fingerprint density at radius 2 is 0.978 bits per heavy atom. The number of hydrogen-bond donors (Lipinski definition) is 0. The summed E-state index contributed by atoms with van der Waals surface area (Å²) in [5, 5.41) is 17.1. The highest BCUT2D eigenvalue weighted by molar-refractivity contribution is 5.71. The van der Waals surface area contributed by atoms with Gasteiger partial charge in [-0.25, -0.2) is 9.97 Å². The van der Waals surface area contributed by atoms with Crippen LogP contribution in [0.15, 0.2) is 148 Å². The molecule has 8 heteroatoms. The first-order chi connectivity index (χ1) is 22.8. The van der Waals surface area contributed by atoms with Crippen molar-refractivity contribution < 1.29 is 8.83 Å². The van der Waals surface area contributed by atoms with E-state index in [1.165, 1.54) is 5.56 Å². The van der Waals surface area contributed by atoms with Gasteiger partial charge in [0.05, 0.1) is 11.4 Å². The van der Waals surface area contributed by atoms with Crippen molar-refractivity contribution >= 4 is 5.57 Å². The summed E-state index contributed by atoms with van der Waals surface area (Å²) in [6.45, 7) is 0. The topological polar surface area (TPSA) is 104 Å². The maximum absolute atomic E-state index is 6.05. The minimum atomic E-state index is 0.324. The molecule has 0 amide bonds. The monoisotopic (exact) mass is 598 g/mol. The Hall–Kier alpha value is -6.28. The summed E-state index contributed by atoms with van der Waals surface area (Å²) in [6.07, 6.45) is 7.22. The van der Waals surface area contributed by atoms with Crippen LogP contribution in [0.4, 0.5) is 0 Å². The van der Waals surface area contributed by atoms with Crippen LogP contribution in [0.25, 0.3) is 62.7 Å². The highest BCUT2D eigenvalue weighted by atomic mass is 16.4. The standard InChI is InChI=1S/C38H26N6O2/c1-3-9-25(10-4-1)27-17-21-29(22-18-27)35-41-43-37(45-35)33-15-7-13-31(39-33)32-14-8-16-34(40-32)38-44-42-36(46-38)30-23-19-28(20-24-30)26-11-5-2-6-12-26/h1-19,21-24,28H,20H2. The molecule has 3 aromatic carbocycles. The molecule has 1 aliphatic rings. The Bertz CT molecular complexity index is 2180. The Kier molecular flexibility index (Phi) is 7.12. The number of nitrogens with zero attached hydrogens (tertiary/aromatic N) is 6. The minimum Gasteiger partial charge on any atom is -0.415 e. The molecule has 0 bridgehead atoms. The second-order valence-electron chi connectivity index (χ2n) is 10.9. The maximum atomic E-state index is 6.05. The van der Waals surface area contributed by atoms with Gasteiger partial charge in [-0.2, -0.15) is 0 Å². The van der Waals surface area contributed by atoms with Crippen LogP contribution in [0, 0.1) is 0 Å². The lowest BCUT2D eigenvalue weighted by Gasteiger charge is -2.15. The first kappa shape index (κ1) is 27.3. The molecule has 1 unspecified atom stereocenters. The Labute approximate surface area is 264 Å². The van der Waals surface area contributed by atoms with E-state index in [2.05, 4.69) is 68.9 Å². The van der Waals surface area contributed by atoms with Crippen LogP contribution in [0.5, 0.6) is 0 Å². The summed E-state index contributed by atoms with van der Waals surface area (Å²) in [6, 6.07) is 39.9. The van der Waals surface area contributed by atoms with Crippen LogP contribution in [-0.2, 0) is 0 Å². The molecular formula is C38H26N6O2. The first-order valence-corrected chi connectivity index (χ1v) is 15.0. The van der Waals surface area contributed by atoms with Gasteiger partial charge in [-0.05, 0) is 59.5 Å². The summed E-state index contributed by atoms with van der Waals surface area (Å²) in [7, 11) is 0. The summed E-state index contributed by atoms with van der Waals surface area (Å²) < 4.78 is 12.1. The predicted molar refractivity (Wildman–Crippen MR) is 176 cm³/mol. The van der Waals surface area contributed by atoms with Crippen LogP contribution >= 0.6 is 0 Å². The number of hydrogen-bond acceptors (Lipinski definition) is 8. The fourth-order valence-electron chi connectivity index (χ4n) is 5.44. The van der Waals surface area contributed by atoms with E-state index in [4.69, 9.17) is 18.8 Å². The average molecular weight is 599 g/mol. The van der Waals surface area contributed by atoms with E-state index in [1.807, 2.05) is 91.0 Å². The molecule has 8 rings (SSSR count). The molecule has 1 atom stereocenters. The lowest BCUT2D eigenvalue weighted by molar-refractivity contribution is 0.551. The lowest BCUT2D eigenvalue weighted by Crippen LogP contribution is -1.98. The maximum Gasteiger partial charge on any atom is 0.266 e. The van der Waals surface area contributed by atoms with Gasteiger partial charge in [0.25, 0.3) is 11.8 Å². The van der Waals surface area contributed by atoms with Crippen LogP contribution in [0.1, 0.15) is 23.8 Å².